The molecule has 0 radical (unpaired) electrons. The molecule has 1 unspecified atom stereocenters. The molecule has 1 aliphatic heterocycles. The smallest absolute Gasteiger partial charge is 0.152 e. The van der Waals surface area contributed by atoms with Crippen LogP contribution in [0.1, 0.15) is 12.8 Å². The highest BCUT2D eigenvalue weighted by Gasteiger charge is 2.27. The first-order valence-corrected chi connectivity index (χ1v) is 5.98. The van der Waals surface area contributed by atoms with E-state index in [0.717, 1.165) is 6.42 Å². The van der Waals surface area contributed by atoms with Gasteiger partial charge in [0.15, 0.2) is 9.84 Å². The van der Waals surface area contributed by atoms with E-state index in [4.69, 9.17) is 10.5 Å². The number of hydrogen-bond donors (Lipinski definition) is 1. The number of sulfone groups is 1. The molecule has 0 saturated carbocycles. The molecule has 12 heavy (non-hydrogen) atoms. The van der Waals surface area contributed by atoms with Gasteiger partial charge in [-0.25, -0.2) is 8.42 Å². The molecule has 0 aromatic carbocycles. The lowest BCUT2D eigenvalue weighted by molar-refractivity contribution is 0.0704. The molecular formula is C7H15NO3S. The van der Waals surface area contributed by atoms with Crippen molar-refractivity contribution in [1.29, 1.82) is 0 Å². The zero-order valence-electron chi connectivity index (χ0n) is 7.03. The van der Waals surface area contributed by atoms with Crippen molar-refractivity contribution in [2.45, 2.75) is 18.9 Å². The molecule has 1 rings (SSSR count). The average Bonchev–Trinajstić information content (AvgIpc) is 2.31. The molecule has 0 aromatic heterocycles. The van der Waals surface area contributed by atoms with Gasteiger partial charge >= 0.3 is 0 Å². The molecule has 0 aliphatic carbocycles. The van der Waals surface area contributed by atoms with Crippen LogP contribution in [0.5, 0.6) is 0 Å². The van der Waals surface area contributed by atoms with E-state index in [2.05, 4.69) is 0 Å². The first-order valence-electron chi connectivity index (χ1n) is 4.16. The van der Waals surface area contributed by atoms with Crippen molar-refractivity contribution < 1.29 is 13.2 Å². The quantitative estimate of drug-likeness (QED) is 0.613. The van der Waals surface area contributed by atoms with E-state index in [1.165, 1.54) is 0 Å². The van der Waals surface area contributed by atoms with Gasteiger partial charge in [-0.2, -0.15) is 0 Å². The Labute approximate surface area is 73.0 Å². The highest BCUT2D eigenvalue weighted by atomic mass is 32.2. The highest BCUT2D eigenvalue weighted by Crippen LogP contribution is 2.14. The maximum absolute atomic E-state index is 11.0. The summed E-state index contributed by atoms with van der Waals surface area (Å²) in [5.41, 5.74) is 5.27. The van der Waals surface area contributed by atoms with Crippen molar-refractivity contribution in [2.24, 2.45) is 5.73 Å². The lowest BCUT2D eigenvalue weighted by atomic mass is 10.3. The van der Waals surface area contributed by atoms with Crippen LogP contribution >= 0.6 is 0 Å². The summed E-state index contributed by atoms with van der Waals surface area (Å²) in [6.45, 7) is 1.18. The van der Waals surface area contributed by atoms with Crippen LogP contribution in [0.2, 0.25) is 0 Å². The van der Waals surface area contributed by atoms with E-state index in [-0.39, 0.29) is 17.6 Å². The summed E-state index contributed by atoms with van der Waals surface area (Å²) in [4.78, 5) is 0. The first-order chi connectivity index (χ1) is 5.64. The van der Waals surface area contributed by atoms with Gasteiger partial charge in [0.05, 0.1) is 17.6 Å². The minimum atomic E-state index is -2.79. The van der Waals surface area contributed by atoms with E-state index in [1.807, 2.05) is 0 Å². The second kappa shape index (κ2) is 4.20. The second-order valence-electron chi connectivity index (χ2n) is 3.04. The summed E-state index contributed by atoms with van der Waals surface area (Å²) in [7, 11) is -2.79. The number of nitrogens with two attached hydrogens (primary N) is 1. The van der Waals surface area contributed by atoms with Crippen molar-refractivity contribution in [1.82, 2.24) is 0 Å². The Hall–Kier alpha value is -0.130. The molecule has 4 nitrogen and oxygen atoms in total. The molecule has 5 heteroatoms. The molecule has 1 atom stereocenters. The van der Waals surface area contributed by atoms with Gasteiger partial charge in [-0.15, -0.1) is 0 Å². The third-order valence-corrected chi connectivity index (χ3v) is 3.63. The predicted octanol–water partition coefficient (Wildman–Crippen LogP) is -0.461. The minimum Gasteiger partial charge on any atom is -0.377 e. The van der Waals surface area contributed by atoms with Crippen LogP contribution < -0.4 is 5.73 Å². The molecule has 0 aromatic rings. The highest BCUT2D eigenvalue weighted by molar-refractivity contribution is 7.91. The predicted molar refractivity (Wildman–Crippen MR) is 46.7 cm³/mol. The fourth-order valence-corrected chi connectivity index (χ4v) is 2.84. The van der Waals surface area contributed by atoms with Crippen LogP contribution in [0.15, 0.2) is 0 Å². The topological polar surface area (TPSA) is 69.4 Å². The Kier molecular flexibility index (Phi) is 3.49. The monoisotopic (exact) mass is 193 g/mol. The molecule has 0 spiro atoms. The number of hydrogen-bond acceptors (Lipinski definition) is 4. The first kappa shape index (κ1) is 9.95. The van der Waals surface area contributed by atoms with E-state index < -0.39 is 9.84 Å². The molecule has 1 fully saturated rings. The molecule has 72 valence electrons. The number of ether oxygens (including phenoxy) is 1. The van der Waals surface area contributed by atoms with Gasteiger partial charge in [0.2, 0.25) is 0 Å². The Morgan fingerprint density at radius 2 is 2.25 bits per heavy atom. The SMILES string of the molecule is NCCCOC1CCS(=O)(=O)C1. The van der Waals surface area contributed by atoms with Crippen LogP contribution in [0, 0.1) is 0 Å². The zero-order valence-corrected chi connectivity index (χ0v) is 7.85. The van der Waals surface area contributed by atoms with Crippen LogP contribution in [0.25, 0.3) is 0 Å². The van der Waals surface area contributed by atoms with Crippen molar-refractivity contribution in [3.8, 4) is 0 Å². The van der Waals surface area contributed by atoms with Gasteiger partial charge in [0, 0.05) is 6.61 Å². The van der Waals surface area contributed by atoms with E-state index >= 15 is 0 Å². The Balaban J connectivity index is 2.20. The summed E-state index contributed by atoms with van der Waals surface area (Å²) in [6, 6.07) is 0. The maximum Gasteiger partial charge on any atom is 0.152 e. The Morgan fingerprint density at radius 3 is 2.75 bits per heavy atom. The summed E-state index contributed by atoms with van der Waals surface area (Å²) < 4.78 is 27.3. The Morgan fingerprint density at radius 1 is 1.50 bits per heavy atom. The third-order valence-electron chi connectivity index (χ3n) is 1.89. The van der Waals surface area contributed by atoms with E-state index in [1.54, 1.807) is 0 Å². The van der Waals surface area contributed by atoms with Gasteiger partial charge < -0.3 is 10.5 Å². The van der Waals surface area contributed by atoms with Crippen molar-refractivity contribution in [2.75, 3.05) is 24.7 Å². The lowest BCUT2D eigenvalue weighted by Crippen LogP contribution is -2.16. The molecular weight excluding hydrogens is 178 g/mol. The molecule has 1 aliphatic rings. The van der Waals surface area contributed by atoms with Crippen LogP contribution in [0.4, 0.5) is 0 Å². The third kappa shape index (κ3) is 3.08. The zero-order chi connectivity index (χ0) is 9.03. The minimum absolute atomic E-state index is 0.0819. The summed E-state index contributed by atoms with van der Waals surface area (Å²) in [5.74, 6) is 0.470. The summed E-state index contributed by atoms with van der Waals surface area (Å²) in [6.07, 6.45) is 1.37. The van der Waals surface area contributed by atoms with Gasteiger partial charge in [0.1, 0.15) is 0 Å². The standard InChI is InChI=1S/C7H15NO3S/c8-3-1-4-11-7-2-5-12(9,10)6-7/h7H,1-6,8H2. The van der Waals surface area contributed by atoms with Gasteiger partial charge in [-0.05, 0) is 19.4 Å². The van der Waals surface area contributed by atoms with Crippen molar-refractivity contribution in [3.63, 3.8) is 0 Å². The fourth-order valence-electron chi connectivity index (χ4n) is 1.23. The normalized spacial score (nSPS) is 27.6. The molecule has 0 amide bonds. The van der Waals surface area contributed by atoms with Crippen molar-refractivity contribution >= 4 is 9.84 Å². The largest absolute Gasteiger partial charge is 0.377 e. The summed E-state index contributed by atoms with van der Waals surface area (Å²) in [5, 5.41) is 0. The Bertz CT molecular complexity index is 225. The molecule has 1 saturated heterocycles. The fraction of sp³-hybridized carbons (Fsp3) is 1.00. The van der Waals surface area contributed by atoms with Crippen LogP contribution in [0.3, 0.4) is 0 Å². The molecule has 0 bridgehead atoms. The average molecular weight is 193 g/mol. The van der Waals surface area contributed by atoms with Crippen LogP contribution in [-0.2, 0) is 14.6 Å². The van der Waals surface area contributed by atoms with Gasteiger partial charge in [-0.1, -0.05) is 0 Å². The van der Waals surface area contributed by atoms with Crippen molar-refractivity contribution in [3.05, 3.63) is 0 Å². The van der Waals surface area contributed by atoms with E-state index in [0.29, 0.717) is 19.6 Å². The molecule has 1 heterocycles. The lowest BCUT2D eigenvalue weighted by Gasteiger charge is -2.08. The van der Waals surface area contributed by atoms with Crippen LogP contribution in [-0.4, -0.2) is 39.2 Å². The van der Waals surface area contributed by atoms with E-state index in [9.17, 15) is 8.42 Å². The second-order valence-corrected chi connectivity index (χ2v) is 5.27. The number of rotatable bonds is 4. The molecule has 2 N–H and O–H groups in total. The summed E-state index contributed by atoms with van der Waals surface area (Å²) >= 11 is 0. The van der Waals surface area contributed by atoms with Gasteiger partial charge in [-0.3, -0.25) is 0 Å². The van der Waals surface area contributed by atoms with Gasteiger partial charge in [0.25, 0.3) is 0 Å². The maximum atomic E-state index is 11.0.